The van der Waals surface area contributed by atoms with E-state index in [4.69, 9.17) is 4.74 Å². The van der Waals surface area contributed by atoms with E-state index < -0.39 is 29.8 Å². The summed E-state index contributed by atoms with van der Waals surface area (Å²) in [7, 11) is 0. The lowest BCUT2D eigenvalue weighted by Crippen LogP contribution is -2.51. The molecule has 1 heterocycles. The second kappa shape index (κ2) is 6.79. The molecule has 0 bridgehead atoms. The molecule has 26 heavy (non-hydrogen) atoms. The number of nitrogens with zero attached hydrogens (tertiary/aromatic N) is 1. The summed E-state index contributed by atoms with van der Waals surface area (Å²) >= 11 is 0. The molecule has 2 aromatic carbocycles. The number of carbonyl (C=O) groups excluding carboxylic acids is 4. The zero-order chi connectivity index (χ0) is 18.8. The van der Waals surface area contributed by atoms with Crippen molar-refractivity contribution in [1.29, 1.82) is 0 Å². The van der Waals surface area contributed by atoms with Gasteiger partial charge in [-0.25, -0.2) is 0 Å². The summed E-state index contributed by atoms with van der Waals surface area (Å²) in [5, 5.41) is 11.6. The molecule has 1 atom stereocenters. The standard InChI is InChI=1S/C19H15NO6/c1-11(21)26-13-8-6-12(7-9-13)10-16(19(24)25)20-17(22)14-4-2-3-5-15(14)18(20)23/h2-9,16H,10H2,1H3,(H,24,25)/p-1. The van der Waals surface area contributed by atoms with Crippen molar-refractivity contribution >= 4 is 23.8 Å². The molecule has 1 aliphatic rings. The first-order chi connectivity index (χ1) is 12.4. The lowest BCUT2D eigenvalue weighted by Gasteiger charge is -2.27. The van der Waals surface area contributed by atoms with Crippen LogP contribution in [-0.2, 0) is 16.0 Å². The quantitative estimate of drug-likeness (QED) is 0.443. The number of carbonyl (C=O) groups is 4. The Morgan fingerprint density at radius 3 is 2.00 bits per heavy atom. The van der Waals surface area contributed by atoms with Crippen LogP contribution in [0.25, 0.3) is 0 Å². The third kappa shape index (κ3) is 3.19. The van der Waals surface area contributed by atoms with Crippen molar-refractivity contribution in [2.75, 3.05) is 0 Å². The molecule has 0 radical (unpaired) electrons. The van der Waals surface area contributed by atoms with E-state index in [1.54, 1.807) is 24.3 Å². The molecule has 7 nitrogen and oxygen atoms in total. The number of imide groups is 1. The minimum Gasteiger partial charge on any atom is -0.548 e. The summed E-state index contributed by atoms with van der Waals surface area (Å²) in [6.07, 6.45) is -0.117. The van der Waals surface area contributed by atoms with Gasteiger partial charge in [0.2, 0.25) is 0 Å². The maximum Gasteiger partial charge on any atom is 0.308 e. The molecule has 2 aromatic rings. The number of amides is 2. The molecular formula is C19H14NO6-. The van der Waals surface area contributed by atoms with Gasteiger partial charge in [-0.1, -0.05) is 24.3 Å². The Hall–Kier alpha value is -3.48. The normalized spacial score (nSPS) is 14.1. The van der Waals surface area contributed by atoms with Gasteiger partial charge in [0, 0.05) is 6.92 Å². The van der Waals surface area contributed by atoms with Crippen LogP contribution in [0.2, 0.25) is 0 Å². The lowest BCUT2D eigenvalue weighted by molar-refractivity contribution is -0.310. The van der Waals surface area contributed by atoms with Crippen molar-refractivity contribution in [3.63, 3.8) is 0 Å². The predicted octanol–water partition coefficient (Wildman–Crippen LogP) is 0.569. The van der Waals surface area contributed by atoms with Gasteiger partial charge in [-0.05, 0) is 36.2 Å². The summed E-state index contributed by atoms with van der Waals surface area (Å²) in [5.41, 5.74) is 0.898. The Labute approximate surface area is 148 Å². The Bertz CT molecular complexity index is 868. The average molecular weight is 352 g/mol. The molecule has 0 N–H and O–H groups in total. The zero-order valence-corrected chi connectivity index (χ0v) is 13.8. The van der Waals surface area contributed by atoms with Gasteiger partial charge in [0.1, 0.15) is 5.75 Å². The molecule has 0 fully saturated rings. The number of benzene rings is 2. The number of aliphatic carboxylic acids is 1. The van der Waals surface area contributed by atoms with E-state index in [2.05, 4.69) is 0 Å². The molecule has 0 spiro atoms. The Morgan fingerprint density at radius 2 is 1.54 bits per heavy atom. The number of hydrogen-bond acceptors (Lipinski definition) is 6. The first-order valence-electron chi connectivity index (χ1n) is 7.83. The van der Waals surface area contributed by atoms with E-state index >= 15 is 0 Å². The van der Waals surface area contributed by atoms with Gasteiger partial charge in [-0.15, -0.1) is 0 Å². The van der Waals surface area contributed by atoms with Gasteiger partial charge in [-0.2, -0.15) is 0 Å². The van der Waals surface area contributed by atoms with Gasteiger partial charge < -0.3 is 14.6 Å². The number of fused-ring (bicyclic) bond motifs is 1. The zero-order valence-electron chi connectivity index (χ0n) is 13.8. The van der Waals surface area contributed by atoms with Crippen molar-refractivity contribution in [3.8, 4) is 5.75 Å². The van der Waals surface area contributed by atoms with Crippen molar-refractivity contribution < 1.29 is 29.0 Å². The molecule has 0 aromatic heterocycles. The van der Waals surface area contributed by atoms with E-state index in [-0.39, 0.29) is 17.5 Å². The van der Waals surface area contributed by atoms with Crippen LogP contribution in [0.3, 0.4) is 0 Å². The number of esters is 1. The maximum atomic E-state index is 12.5. The average Bonchev–Trinajstić information content (AvgIpc) is 2.85. The summed E-state index contributed by atoms with van der Waals surface area (Å²) < 4.78 is 4.91. The Morgan fingerprint density at radius 1 is 1.00 bits per heavy atom. The number of ether oxygens (including phenoxy) is 1. The van der Waals surface area contributed by atoms with E-state index in [0.29, 0.717) is 11.3 Å². The summed E-state index contributed by atoms with van der Waals surface area (Å²) in [4.78, 5) is 48.2. The highest BCUT2D eigenvalue weighted by atomic mass is 16.5. The van der Waals surface area contributed by atoms with E-state index in [1.165, 1.54) is 31.2 Å². The topological polar surface area (TPSA) is 104 Å². The fourth-order valence-electron chi connectivity index (χ4n) is 2.85. The number of carboxylic acid groups (broad SMARTS) is 1. The van der Waals surface area contributed by atoms with Crippen molar-refractivity contribution in [3.05, 3.63) is 65.2 Å². The van der Waals surface area contributed by atoms with Crippen molar-refractivity contribution in [2.24, 2.45) is 0 Å². The second-order valence-corrected chi connectivity index (χ2v) is 5.80. The van der Waals surface area contributed by atoms with Crippen LogP contribution in [0.4, 0.5) is 0 Å². The van der Waals surface area contributed by atoms with E-state index in [0.717, 1.165) is 4.90 Å². The van der Waals surface area contributed by atoms with Crippen LogP contribution < -0.4 is 9.84 Å². The molecule has 7 heteroatoms. The third-order valence-corrected chi connectivity index (χ3v) is 4.02. The Balaban J connectivity index is 1.85. The van der Waals surface area contributed by atoms with Gasteiger partial charge in [0.15, 0.2) is 0 Å². The SMILES string of the molecule is CC(=O)Oc1ccc(CC(C(=O)[O-])N2C(=O)c3ccccc3C2=O)cc1. The second-order valence-electron chi connectivity index (χ2n) is 5.80. The highest BCUT2D eigenvalue weighted by Crippen LogP contribution is 2.26. The fourth-order valence-corrected chi connectivity index (χ4v) is 2.85. The fraction of sp³-hybridized carbons (Fsp3) is 0.158. The maximum absolute atomic E-state index is 12.5. The van der Waals surface area contributed by atoms with E-state index in [1.807, 2.05) is 0 Å². The molecule has 0 aliphatic carbocycles. The number of hydrogen-bond donors (Lipinski definition) is 0. The van der Waals surface area contributed by atoms with Crippen LogP contribution >= 0.6 is 0 Å². The first kappa shape index (κ1) is 17.3. The summed E-state index contributed by atoms with van der Waals surface area (Å²) in [5.74, 6) is -3.00. The summed E-state index contributed by atoms with van der Waals surface area (Å²) in [6, 6.07) is 10.9. The number of rotatable bonds is 5. The highest BCUT2D eigenvalue weighted by Gasteiger charge is 2.40. The van der Waals surface area contributed by atoms with Crippen LogP contribution in [0, 0.1) is 0 Å². The Kier molecular flexibility index (Phi) is 4.53. The van der Waals surface area contributed by atoms with Crippen LogP contribution in [0.15, 0.2) is 48.5 Å². The molecule has 132 valence electrons. The molecule has 0 saturated carbocycles. The molecule has 0 saturated heterocycles. The van der Waals surface area contributed by atoms with Gasteiger partial charge in [0.25, 0.3) is 11.8 Å². The molecular weight excluding hydrogens is 338 g/mol. The van der Waals surface area contributed by atoms with Gasteiger partial charge >= 0.3 is 5.97 Å². The van der Waals surface area contributed by atoms with Gasteiger partial charge in [0.05, 0.1) is 23.1 Å². The third-order valence-electron chi connectivity index (χ3n) is 4.02. The van der Waals surface area contributed by atoms with Crippen molar-refractivity contribution in [1.82, 2.24) is 4.90 Å². The highest BCUT2D eigenvalue weighted by molar-refractivity contribution is 6.22. The minimum atomic E-state index is -1.52. The molecule has 1 unspecified atom stereocenters. The molecule has 1 aliphatic heterocycles. The van der Waals surface area contributed by atoms with Crippen LogP contribution in [0.1, 0.15) is 33.2 Å². The van der Waals surface area contributed by atoms with E-state index in [9.17, 15) is 24.3 Å². The molecule has 2 amide bonds. The molecule has 3 rings (SSSR count). The summed E-state index contributed by atoms with van der Waals surface area (Å²) in [6.45, 7) is 1.27. The monoisotopic (exact) mass is 352 g/mol. The lowest BCUT2D eigenvalue weighted by atomic mass is 10.0. The van der Waals surface area contributed by atoms with Crippen LogP contribution in [-0.4, -0.2) is 34.7 Å². The van der Waals surface area contributed by atoms with Gasteiger partial charge in [-0.3, -0.25) is 19.3 Å². The smallest absolute Gasteiger partial charge is 0.308 e. The van der Waals surface area contributed by atoms with Crippen LogP contribution in [0.5, 0.6) is 5.75 Å². The van der Waals surface area contributed by atoms with Crippen molar-refractivity contribution in [2.45, 2.75) is 19.4 Å². The largest absolute Gasteiger partial charge is 0.548 e. The number of carboxylic acids is 1. The predicted molar refractivity (Wildman–Crippen MR) is 87.2 cm³/mol. The first-order valence-corrected chi connectivity index (χ1v) is 7.83. The minimum absolute atomic E-state index is 0.117.